The summed E-state index contributed by atoms with van der Waals surface area (Å²) in [4.78, 5) is 0.217. The highest BCUT2D eigenvalue weighted by atomic mass is 79.9. The molecule has 2 rings (SSSR count). The number of furan rings is 1. The van der Waals surface area contributed by atoms with Gasteiger partial charge in [0.2, 0.25) is 0 Å². The van der Waals surface area contributed by atoms with Crippen LogP contribution in [0.4, 0.5) is 0 Å². The standard InChI is InChI=1S/C14H14Br2O/c1-9-3-4-10(2)11(7-9)8-12(15)13-5-6-14(16)17-13/h3-7,12H,8H2,1-2H3. The van der Waals surface area contributed by atoms with Gasteiger partial charge in [-0.2, -0.15) is 0 Å². The van der Waals surface area contributed by atoms with Crippen LogP contribution in [-0.4, -0.2) is 0 Å². The molecular formula is C14H14Br2O. The first-order valence-corrected chi connectivity index (χ1v) is 7.22. The van der Waals surface area contributed by atoms with E-state index in [1.165, 1.54) is 16.7 Å². The molecule has 1 unspecified atom stereocenters. The van der Waals surface area contributed by atoms with Gasteiger partial charge in [-0.1, -0.05) is 39.7 Å². The van der Waals surface area contributed by atoms with E-state index in [9.17, 15) is 0 Å². The van der Waals surface area contributed by atoms with E-state index >= 15 is 0 Å². The summed E-state index contributed by atoms with van der Waals surface area (Å²) in [6.45, 7) is 4.27. The lowest BCUT2D eigenvalue weighted by Gasteiger charge is -2.10. The number of benzene rings is 1. The summed E-state index contributed by atoms with van der Waals surface area (Å²) in [5.74, 6) is 0.956. The average Bonchev–Trinajstić information content (AvgIpc) is 2.70. The molecule has 2 aromatic rings. The first-order chi connectivity index (χ1) is 8.06. The average molecular weight is 358 g/mol. The van der Waals surface area contributed by atoms with Gasteiger partial charge in [0.15, 0.2) is 4.67 Å². The normalized spacial score (nSPS) is 12.7. The zero-order valence-electron chi connectivity index (χ0n) is 9.84. The molecule has 0 spiro atoms. The Kier molecular flexibility index (Phi) is 4.10. The summed E-state index contributed by atoms with van der Waals surface area (Å²) in [5, 5.41) is 0. The Balaban J connectivity index is 2.18. The minimum absolute atomic E-state index is 0.217. The molecule has 0 saturated heterocycles. The van der Waals surface area contributed by atoms with Crippen molar-refractivity contribution >= 4 is 31.9 Å². The number of rotatable bonds is 3. The maximum absolute atomic E-state index is 5.56. The Morgan fingerprint density at radius 2 is 1.94 bits per heavy atom. The van der Waals surface area contributed by atoms with Gasteiger partial charge in [0.1, 0.15) is 5.76 Å². The molecule has 0 bridgehead atoms. The highest BCUT2D eigenvalue weighted by Crippen LogP contribution is 2.31. The van der Waals surface area contributed by atoms with Gasteiger partial charge in [-0.3, -0.25) is 0 Å². The lowest BCUT2D eigenvalue weighted by atomic mass is 10.0. The van der Waals surface area contributed by atoms with Crippen LogP contribution in [0, 0.1) is 13.8 Å². The van der Waals surface area contributed by atoms with Crippen molar-refractivity contribution in [2.45, 2.75) is 25.1 Å². The van der Waals surface area contributed by atoms with Crippen LogP contribution in [0.25, 0.3) is 0 Å². The van der Waals surface area contributed by atoms with Crippen molar-refractivity contribution in [3.63, 3.8) is 0 Å². The van der Waals surface area contributed by atoms with Crippen LogP contribution in [0.3, 0.4) is 0 Å². The molecule has 0 fully saturated rings. The van der Waals surface area contributed by atoms with Crippen LogP contribution in [-0.2, 0) is 6.42 Å². The zero-order valence-corrected chi connectivity index (χ0v) is 13.0. The third kappa shape index (κ3) is 3.23. The summed E-state index contributed by atoms with van der Waals surface area (Å²) < 4.78 is 6.33. The van der Waals surface area contributed by atoms with Crippen LogP contribution in [0.1, 0.15) is 27.3 Å². The Bertz CT molecular complexity index is 517. The van der Waals surface area contributed by atoms with E-state index in [1.807, 2.05) is 12.1 Å². The molecule has 90 valence electrons. The van der Waals surface area contributed by atoms with Gasteiger partial charge in [0, 0.05) is 0 Å². The van der Waals surface area contributed by atoms with E-state index in [0.717, 1.165) is 16.9 Å². The summed E-state index contributed by atoms with van der Waals surface area (Å²) in [7, 11) is 0. The topological polar surface area (TPSA) is 13.1 Å². The summed E-state index contributed by atoms with van der Waals surface area (Å²) in [6, 6.07) is 10.5. The molecule has 17 heavy (non-hydrogen) atoms. The monoisotopic (exact) mass is 356 g/mol. The van der Waals surface area contributed by atoms with E-state index in [2.05, 4.69) is 63.9 Å². The van der Waals surface area contributed by atoms with E-state index < -0.39 is 0 Å². The minimum Gasteiger partial charge on any atom is -0.453 e. The predicted octanol–water partition coefficient (Wildman–Crippen LogP) is 5.34. The van der Waals surface area contributed by atoms with Crippen molar-refractivity contribution in [2.24, 2.45) is 0 Å². The van der Waals surface area contributed by atoms with Gasteiger partial charge in [-0.05, 0) is 59.5 Å². The number of aryl methyl sites for hydroxylation is 2. The first-order valence-electron chi connectivity index (χ1n) is 5.51. The van der Waals surface area contributed by atoms with Crippen molar-refractivity contribution < 1.29 is 4.42 Å². The molecule has 1 nitrogen and oxygen atoms in total. The van der Waals surface area contributed by atoms with Crippen LogP contribution in [0.15, 0.2) is 39.4 Å². The van der Waals surface area contributed by atoms with E-state index in [-0.39, 0.29) is 4.83 Å². The summed E-state index contributed by atoms with van der Waals surface area (Å²) >= 11 is 7.00. The van der Waals surface area contributed by atoms with Crippen LogP contribution in [0.2, 0.25) is 0 Å². The molecule has 0 N–H and O–H groups in total. The van der Waals surface area contributed by atoms with Crippen molar-refractivity contribution in [2.75, 3.05) is 0 Å². The predicted molar refractivity (Wildman–Crippen MR) is 77.7 cm³/mol. The van der Waals surface area contributed by atoms with Gasteiger partial charge in [-0.25, -0.2) is 0 Å². The molecule has 1 heterocycles. The number of halogens is 2. The molecule has 0 aliphatic carbocycles. The third-order valence-electron chi connectivity index (χ3n) is 2.81. The van der Waals surface area contributed by atoms with Crippen molar-refractivity contribution in [3.05, 3.63) is 57.5 Å². The molecular weight excluding hydrogens is 344 g/mol. The second-order valence-corrected chi connectivity index (χ2v) is 6.13. The van der Waals surface area contributed by atoms with Crippen LogP contribution >= 0.6 is 31.9 Å². The molecule has 1 aromatic carbocycles. The molecule has 1 aromatic heterocycles. The second kappa shape index (κ2) is 5.40. The zero-order chi connectivity index (χ0) is 12.4. The van der Waals surface area contributed by atoms with E-state index in [1.54, 1.807) is 0 Å². The van der Waals surface area contributed by atoms with Crippen LogP contribution < -0.4 is 0 Å². The highest BCUT2D eigenvalue weighted by molar-refractivity contribution is 9.10. The second-order valence-electron chi connectivity index (χ2n) is 4.24. The van der Waals surface area contributed by atoms with Gasteiger partial charge in [0.25, 0.3) is 0 Å². The maximum Gasteiger partial charge on any atom is 0.169 e. The number of alkyl halides is 1. The maximum atomic E-state index is 5.56. The summed E-state index contributed by atoms with van der Waals surface area (Å²) in [5.41, 5.74) is 3.98. The third-order valence-corrected chi connectivity index (χ3v) is 4.01. The smallest absolute Gasteiger partial charge is 0.169 e. The fourth-order valence-electron chi connectivity index (χ4n) is 1.81. The molecule has 0 saturated carbocycles. The quantitative estimate of drug-likeness (QED) is 0.676. The van der Waals surface area contributed by atoms with Crippen LogP contribution in [0.5, 0.6) is 0 Å². The SMILES string of the molecule is Cc1ccc(C)c(CC(Br)c2ccc(Br)o2)c1. The van der Waals surface area contributed by atoms with Gasteiger partial charge >= 0.3 is 0 Å². The minimum atomic E-state index is 0.217. The largest absolute Gasteiger partial charge is 0.453 e. The molecule has 0 radical (unpaired) electrons. The molecule has 3 heteroatoms. The Morgan fingerprint density at radius 1 is 1.18 bits per heavy atom. The first kappa shape index (κ1) is 12.9. The Labute approximate surface area is 118 Å². The fourth-order valence-corrected chi connectivity index (χ4v) is 2.72. The van der Waals surface area contributed by atoms with Gasteiger partial charge in [0.05, 0.1) is 4.83 Å². The lowest BCUT2D eigenvalue weighted by molar-refractivity contribution is 0.485. The number of hydrogen-bond acceptors (Lipinski definition) is 1. The molecule has 1 atom stereocenters. The van der Waals surface area contributed by atoms with E-state index in [4.69, 9.17) is 4.42 Å². The van der Waals surface area contributed by atoms with E-state index in [0.29, 0.717) is 0 Å². The number of hydrogen-bond donors (Lipinski definition) is 0. The lowest BCUT2D eigenvalue weighted by Crippen LogP contribution is -1.97. The van der Waals surface area contributed by atoms with Gasteiger partial charge in [-0.15, -0.1) is 0 Å². The van der Waals surface area contributed by atoms with Crippen molar-refractivity contribution in [1.82, 2.24) is 0 Å². The van der Waals surface area contributed by atoms with Crippen molar-refractivity contribution in [3.8, 4) is 0 Å². The molecule has 0 aliphatic rings. The Hall–Kier alpha value is -0.540. The molecule has 0 aliphatic heterocycles. The van der Waals surface area contributed by atoms with Crippen molar-refractivity contribution in [1.29, 1.82) is 0 Å². The highest BCUT2D eigenvalue weighted by Gasteiger charge is 2.13. The molecule has 0 amide bonds. The fraction of sp³-hybridized carbons (Fsp3) is 0.286. The Morgan fingerprint density at radius 3 is 2.59 bits per heavy atom. The summed E-state index contributed by atoms with van der Waals surface area (Å²) in [6.07, 6.45) is 0.938. The van der Waals surface area contributed by atoms with Gasteiger partial charge < -0.3 is 4.42 Å².